The second kappa shape index (κ2) is 3.69. The van der Waals surface area contributed by atoms with Gasteiger partial charge in [-0.05, 0) is 11.6 Å². The smallest absolute Gasteiger partial charge is 0.286 e. The molecule has 0 saturated heterocycles. The Bertz CT molecular complexity index is 305. The second-order valence-corrected chi connectivity index (χ2v) is 2.72. The van der Waals surface area contributed by atoms with Crippen LogP contribution in [0.4, 0.5) is 10.6 Å². The minimum absolute atomic E-state index is 0.268. The summed E-state index contributed by atoms with van der Waals surface area (Å²) < 4.78 is 0. The maximum atomic E-state index is 10.6. The number of carbonyl (C=O) groups is 1. The lowest BCUT2D eigenvalue weighted by Gasteiger charge is -2.10. The largest absolute Gasteiger partial charge is 0.321 e. The Kier molecular flexibility index (Phi) is 2.83. The van der Waals surface area contributed by atoms with Gasteiger partial charge in [0.05, 0.1) is 0 Å². The van der Waals surface area contributed by atoms with Gasteiger partial charge in [-0.15, -0.1) is 0 Å². The number of hydrogen-bond donors (Lipinski definition) is 0. The molecule has 0 atom stereocenters. The highest BCUT2D eigenvalue weighted by Crippen LogP contribution is 2.13. The molecule has 0 saturated carbocycles. The number of carbonyl (C=O) groups excluding carboxylic acids is 1. The number of nitrogens with zero attached hydrogens (tertiary/aromatic N) is 3. The standard InChI is InChI=1S/C6H5Cl2N3O/c1-11(6(8)12)5-2-4(7)9-3-10-5/h2-3H,1H3. The van der Waals surface area contributed by atoms with E-state index in [4.69, 9.17) is 23.2 Å². The van der Waals surface area contributed by atoms with Gasteiger partial charge in [0.15, 0.2) is 0 Å². The molecule has 1 aromatic heterocycles. The van der Waals surface area contributed by atoms with Gasteiger partial charge in [0, 0.05) is 13.1 Å². The molecule has 0 spiro atoms. The van der Waals surface area contributed by atoms with E-state index in [1.165, 1.54) is 19.4 Å². The average Bonchev–Trinajstić information content (AvgIpc) is 2.03. The maximum Gasteiger partial charge on any atom is 0.321 e. The minimum Gasteiger partial charge on any atom is -0.286 e. The van der Waals surface area contributed by atoms with Gasteiger partial charge in [0.2, 0.25) is 0 Å². The van der Waals surface area contributed by atoms with Gasteiger partial charge in [-0.1, -0.05) is 11.6 Å². The summed E-state index contributed by atoms with van der Waals surface area (Å²) in [6.07, 6.45) is 1.26. The van der Waals surface area contributed by atoms with E-state index in [2.05, 4.69) is 9.97 Å². The van der Waals surface area contributed by atoms with Crippen molar-refractivity contribution in [3.05, 3.63) is 17.5 Å². The number of halogens is 2. The summed E-state index contributed by atoms with van der Waals surface area (Å²) in [5.74, 6) is 0.370. The van der Waals surface area contributed by atoms with Crippen LogP contribution in [0.2, 0.25) is 5.15 Å². The average molecular weight is 206 g/mol. The third kappa shape index (κ3) is 2.06. The quantitative estimate of drug-likeness (QED) is 0.400. The molecule has 6 heteroatoms. The van der Waals surface area contributed by atoms with E-state index in [0.717, 1.165) is 4.90 Å². The van der Waals surface area contributed by atoms with E-state index in [1.54, 1.807) is 0 Å². The molecule has 0 aromatic carbocycles. The molecule has 0 fully saturated rings. The predicted octanol–water partition coefficient (Wildman–Crippen LogP) is 1.92. The lowest BCUT2D eigenvalue weighted by Crippen LogP contribution is -2.20. The lowest BCUT2D eigenvalue weighted by molar-refractivity contribution is 0.265. The molecule has 4 nitrogen and oxygen atoms in total. The van der Waals surface area contributed by atoms with Crippen LogP contribution in [-0.2, 0) is 0 Å². The highest BCUT2D eigenvalue weighted by Gasteiger charge is 2.08. The Morgan fingerprint density at radius 3 is 2.75 bits per heavy atom. The monoisotopic (exact) mass is 205 g/mol. The van der Waals surface area contributed by atoms with Crippen molar-refractivity contribution in [2.24, 2.45) is 0 Å². The van der Waals surface area contributed by atoms with E-state index in [9.17, 15) is 4.79 Å². The molecular weight excluding hydrogens is 201 g/mol. The van der Waals surface area contributed by atoms with Crippen LogP contribution in [0.5, 0.6) is 0 Å². The molecule has 0 N–H and O–H groups in total. The second-order valence-electron chi connectivity index (χ2n) is 2.01. The predicted molar refractivity (Wildman–Crippen MR) is 46.7 cm³/mol. The molecule has 0 aliphatic heterocycles. The first-order chi connectivity index (χ1) is 5.61. The maximum absolute atomic E-state index is 10.6. The van der Waals surface area contributed by atoms with Crippen molar-refractivity contribution >= 4 is 34.4 Å². The summed E-state index contributed by atoms with van der Waals surface area (Å²) >= 11 is 10.8. The van der Waals surface area contributed by atoms with Gasteiger partial charge in [-0.3, -0.25) is 9.69 Å². The zero-order valence-corrected chi connectivity index (χ0v) is 7.67. The Morgan fingerprint density at radius 2 is 2.25 bits per heavy atom. The first kappa shape index (κ1) is 9.22. The highest BCUT2D eigenvalue weighted by molar-refractivity contribution is 6.66. The van der Waals surface area contributed by atoms with Gasteiger partial charge >= 0.3 is 5.37 Å². The molecule has 1 amide bonds. The number of amides is 1. The molecule has 1 aromatic rings. The molecular formula is C6H5Cl2N3O. The zero-order chi connectivity index (χ0) is 9.14. The summed E-state index contributed by atoms with van der Waals surface area (Å²) in [5.41, 5.74) is 0. The van der Waals surface area contributed by atoms with Crippen LogP contribution >= 0.6 is 23.2 Å². The molecule has 0 unspecified atom stereocenters. The third-order valence-corrected chi connectivity index (χ3v) is 1.69. The van der Waals surface area contributed by atoms with Crippen molar-refractivity contribution in [3.8, 4) is 0 Å². The van der Waals surface area contributed by atoms with Gasteiger partial charge in [-0.2, -0.15) is 0 Å². The van der Waals surface area contributed by atoms with Gasteiger partial charge in [-0.25, -0.2) is 9.97 Å². The fraction of sp³-hybridized carbons (Fsp3) is 0.167. The molecule has 0 aliphatic carbocycles. The summed E-state index contributed by atoms with van der Waals surface area (Å²) in [7, 11) is 1.49. The summed E-state index contributed by atoms with van der Waals surface area (Å²) in [6.45, 7) is 0. The molecule has 1 heterocycles. The number of rotatable bonds is 1. The number of aromatic nitrogens is 2. The highest BCUT2D eigenvalue weighted by atomic mass is 35.5. The van der Waals surface area contributed by atoms with Gasteiger partial charge in [0.1, 0.15) is 17.3 Å². The van der Waals surface area contributed by atoms with Crippen LogP contribution in [0.3, 0.4) is 0 Å². The van der Waals surface area contributed by atoms with E-state index in [1.807, 2.05) is 0 Å². The normalized spacial score (nSPS) is 9.58. The fourth-order valence-electron chi connectivity index (χ4n) is 0.598. The molecule has 0 radical (unpaired) electrons. The molecule has 64 valence electrons. The van der Waals surface area contributed by atoms with Crippen molar-refractivity contribution in [3.63, 3.8) is 0 Å². The van der Waals surface area contributed by atoms with Crippen molar-refractivity contribution in [2.45, 2.75) is 0 Å². The van der Waals surface area contributed by atoms with E-state index in [-0.39, 0.29) is 5.15 Å². The van der Waals surface area contributed by atoms with Crippen LogP contribution in [0.1, 0.15) is 0 Å². The first-order valence-electron chi connectivity index (χ1n) is 3.02. The van der Waals surface area contributed by atoms with Crippen LogP contribution in [0.15, 0.2) is 12.4 Å². The van der Waals surface area contributed by atoms with E-state index < -0.39 is 5.37 Å². The van der Waals surface area contributed by atoms with Crippen molar-refractivity contribution in [1.82, 2.24) is 9.97 Å². The summed E-state index contributed by atoms with van der Waals surface area (Å²) in [4.78, 5) is 19.2. The molecule has 0 aliphatic rings. The summed E-state index contributed by atoms with van der Waals surface area (Å²) in [5, 5.41) is -0.352. The fourth-order valence-corrected chi connectivity index (χ4v) is 0.826. The Labute approximate surface area is 79.1 Å². The van der Waals surface area contributed by atoms with Crippen LogP contribution in [-0.4, -0.2) is 22.4 Å². The van der Waals surface area contributed by atoms with Crippen LogP contribution in [0, 0.1) is 0 Å². The Morgan fingerprint density at radius 1 is 1.58 bits per heavy atom. The number of hydrogen-bond acceptors (Lipinski definition) is 3. The first-order valence-corrected chi connectivity index (χ1v) is 3.77. The molecule has 12 heavy (non-hydrogen) atoms. The Hall–Kier alpha value is -0.870. The zero-order valence-electron chi connectivity index (χ0n) is 6.16. The molecule has 1 rings (SSSR count). The van der Waals surface area contributed by atoms with Crippen molar-refractivity contribution < 1.29 is 4.79 Å². The Balaban J connectivity index is 2.95. The topological polar surface area (TPSA) is 46.1 Å². The number of anilines is 1. The van der Waals surface area contributed by atoms with Gasteiger partial charge < -0.3 is 0 Å². The van der Waals surface area contributed by atoms with E-state index in [0.29, 0.717) is 5.82 Å². The van der Waals surface area contributed by atoms with Crippen LogP contribution < -0.4 is 4.90 Å². The summed E-state index contributed by atoms with van der Waals surface area (Å²) in [6, 6.07) is 1.45. The minimum atomic E-state index is -0.621. The van der Waals surface area contributed by atoms with Crippen LogP contribution in [0.25, 0.3) is 0 Å². The molecule has 0 bridgehead atoms. The lowest BCUT2D eigenvalue weighted by atomic mass is 10.5. The van der Waals surface area contributed by atoms with Crippen molar-refractivity contribution in [2.75, 3.05) is 11.9 Å². The van der Waals surface area contributed by atoms with Crippen molar-refractivity contribution in [1.29, 1.82) is 0 Å². The third-order valence-electron chi connectivity index (χ3n) is 1.23. The SMILES string of the molecule is CN(C(=O)Cl)c1cc(Cl)ncn1. The van der Waals surface area contributed by atoms with Gasteiger partial charge in [0.25, 0.3) is 0 Å². The van der Waals surface area contributed by atoms with E-state index >= 15 is 0 Å².